The van der Waals surface area contributed by atoms with Gasteiger partial charge in [0.15, 0.2) is 0 Å². The zero-order valence-electron chi connectivity index (χ0n) is 8.63. The second kappa shape index (κ2) is 2.71. The number of fused-ring (bicyclic) bond motifs is 1. The van der Waals surface area contributed by atoms with Crippen molar-refractivity contribution in [1.82, 2.24) is 10.2 Å². The van der Waals surface area contributed by atoms with Crippen molar-refractivity contribution in [3.63, 3.8) is 0 Å². The number of amides is 1. The summed E-state index contributed by atoms with van der Waals surface area (Å²) in [5.74, 6) is 0.702. The van der Waals surface area contributed by atoms with Gasteiger partial charge in [-0.15, -0.1) is 0 Å². The minimum atomic E-state index is -0.0990. The monoisotopic (exact) mass is 182 g/mol. The highest BCUT2D eigenvalue weighted by molar-refractivity contribution is 5.85. The van der Waals surface area contributed by atoms with Crippen molar-refractivity contribution in [3.05, 3.63) is 0 Å². The third kappa shape index (κ3) is 1.10. The van der Waals surface area contributed by atoms with Gasteiger partial charge in [-0.3, -0.25) is 9.69 Å². The molecule has 2 rings (SSSR count). The minimum absolute atomic E-state index is 0.0990. The van der Waals surface area contributed by atoms with Gasteiger partial charge in [-0.05, 0) is 25.7 Å². The Morgan fingerprint density at radius 1 is 1.62 bits per heavy atom. The van der Waals surface area contributed by atoms with Crippen LogP contribution in [0.15, 0.2) is 0 Å². The molecule has 1 amide bonds. The topological polar surface area (TPSA) is 32.3 Å². The highest BCUT2D eigenvalue weighted by Crippen LogP contribution is 2.35. The number of hydrogen-bond donors (Lipinski definition) is 1. The van der Waals surface area contributed by atoms with E-state index < -0.39 is 0 Å². The van der Waals surface area contributed by atoms with E-state index in [0.717, 1.165) is 13.0 Å². The lowest BCUT2D eigenvalue weighted by atomic mass is 9.97. The van der Waals surface area contributed by atoms with Gasteiger partial charge < -0.3 is 5.32 Å². The summed E-state index contributed by atoms with van der Waals surface area (Å²) >= 11 is 0. The molecule has 0 saturated carbocycles. The van der Waals surface area contributed by atoms with Gasteiger partial charge >= 0.3 is 0 Å². The van der Waals surface area contributed by atoms with E-state index in [4.69, 9.17) is 0 Å². The van der Waals surface area contributed by atoms with E-state index in [1.165, 1.54) is 6.42 Å². The largest absolute Gasteiger partial charge is 0.336 e. The van der Waals surface area contributed by atoms with E-state index >= 15 is 0 Å². The van der Waals surface area contributed by atoms with Gasteiger partial charge in [0.25, 0.3) is 0 Å². The van der Waals surface area contributed by atoms with Crippen LogP contribution in [0.2, 0.25) is 0 Å². The Balaban J connectivity index is 2.28. The number of nitrogens with zero attached hydrogens (tertiary/aromatic N) is 1. The fourth-order valence-corrected chi connectivity index (χ4v) is 2.48. The van der Waals surface area contributed by atoms with Crippen LogP contribution in [0.3, 0.4) is 0 Å². The first kappa shape index (κ1) is 9.00. The molecule has 0 aromatic heterocycles. The summed E-state index contributed by atoms with van der Waals surface area (Å²) in [4.78, 5) is 14.0. The molecule has 2 saturated heterocycles. The van der Waals surface area contributed by atoms with Crippen LogP contribution >= 0.6 is 0 Å². The predicted molar refractivity (Wildman–Crippen MR) is 51.1 cm³/mol. The molecule has 0 radical (unpaired) electrons. The normalized spacial score (nSPS) is 39.7. The van der Waals surface area contributed by atoms with Crippen LogP contribution in [-0.4, -0.2) is 29.1 Å². The molecule has 3 nitrogen and oxygen atoms in total. The van der Waals surface area contributed by atoms with E-state index in [-0.39, 0.29) is 17.6 Å². The van der Waals surface area contributed by atoms with Crippen LogP contribution in [0.1, 0.15) is 33.6 Å². The maximum Gasteiger partial charge on any atom is 0.238 e. The van der Waals surface area contributed by atoms with E-state index in [1.54, 1.807) is 0 Å². The third-order valence-corrected chi connectivity index (χ3v) is 3.65. The second-order valence-corrected chi connectivity index (χ2v) is 4.64. The van der Waals surface area contributed by atoms with Crippen LogP contribution in [0, 0.1) is 5.92 Å². The Morgan fingerprint density at radius 3 is 2.92 bits per heavy atom. The Morgan fingerprint density at radius 2 is 2.31 bits per heavy atom. The molecular weight excluding hydrogens is 164 g/mol. The zero-order valence-corrected chi connectivity index (χ0v) is 8.63. The van der Waals surface area contributed by atoms with Crippen LogP contribution in [0.5, 0.6) is 0 Å². The summed E-state index contributed by atoms with van der Waals surface area (Å²) in [5, 5.41) is 3.12. The molecule has 2 aliphatic rings. The quantitative estimate of drug-likeness (QED) is 0.655. The lowest BCUT2D eigenvalue weighted by molar-refractivity contribution is -0.121. The van der Waals surface area contributed by atoms with Crippen LogP contribution in [0.4, 0.5) is 0 Å². The van der Waals surface area contributed by atoms with Crippen LogP contribution < -0.4 is 5.32 Å². The fraction of sp³-hybridized carbons (Fsp3) is 0.900. The summed E-state index contributed by atoms with van der Waals surface area (Å²) in [7, 11) is 0. The number of rotatable bonds is 1. The number of nitrogens with one attached hydrogen (secondary N) is 1. The average molecular weight is 182 g/mol. The SMILES string of the molecule is CC(C)C1(C)NC(=O)C2CCCN21. The highest BCUT2D eigenvalue weighted by Gasteiger charge is 2.51. The van der Waals surface area contributed by atoms with Crippen molar-refractivity contribution in [2.75, 3.05) is 6.54 Å². The van der Waals surface area contributed by atoms with Gasteiger partial charge in [0.2, 0.25) is 5.91 Å². The first-order chi connectivity index (χ1) is 6.05. The molecule has 2 unspecified atom stereocenters. The Kier molecular flexibility index (Phi) is 1.88. The first-order valence-corrected chi connectivity index (χ1v) is 5.14. The molecule has 1 N–H and O–H groups in total. The molecule has 74 valence electrons. The number of carbonyl (C=O) groups is 1. The van der Waals surface area contributed by atoms with Crippen molar-refractivity contribution in [2.24, 2.45) is 5.92 Å². The van der Waals surface area contributed by atoms with Crippen molar-refractivity contribution in [2.45, 2.75) is 45.3 Å². The molecule has 0 spiro atoms. The van der Waals surface area contributed by atoms with E-state index in [9.17, 15) is 4.79 Å². The van der Waals surface area contributed by atoms with Crippen molar-refractivity contribution in [1.29, 1.82) is 0 Å². The van der Waals surface area contributed by atoms with Crippen molar-refractivity contribution >= 4 is 5.91 Å². The molecule has 2 aliphatic heterocycles. The molecule has 0 aromatic rings. The summed E-state index contributed by atoms with van der Waals surface area (Å²) in [6.07, 6.45) is 2.20. The summed E-state index contributed by atoms with van der Waals surface area (Å²) in [6, 6.07) is 0.160. The summed E-state index contributed by atoms with van der Waals surface area (Å²) in [6.45, 7) is 7.54. The van der Waals surface area contributed by atoms with Crippen LogP contribution in [0.25, 0.3) is 0 Å². The number of carbonyl (C=O) groups excluding carboxylic acids is 1. The molecule has 13 heavy (non-hydrogen) atoms. The third-order valence-electron chi connectivity index (χ3n) is 3.65. The maximum atomic E-state index is 11.6. The van der Waals surface area contributed by atoms with E-state index in [1.807, 2.05) is 0 Å². The van der Waals surface area contributed by atoms with Gasteiger partial charge in [-0.1, -0.05) is 13.8 Å². The van der Waals surface area contributed by atoms with E-state index in [2.05, 4.69) is 31.0 Å². The molecule has 2 heterocycles. The van der Waals surface area contributed by atoms with Crippen LogP contribution in [-0.2, 0) is 4.79 Å². The molecular formula is C10H18N2O. The maximum absolute atomic E-state index is 11.6. The lowest BCUT2D eigenvalue weighted by Crippen LogP contribution is -2.53. The smallest absolute Gasteiger partial charge is 0.238 e. The molecule has 0 aliphatic carbocycles. The summed E-state index contributed by atoms with van der Waals surface area (Å²) in [5.41, 5.74) is -0.0990. The molecule has 2 atom stereocenters. The van der Waals surface area contributed by atoms with Gasteiger partial charge in [-0.2, -0.15) is 0 Å². The Bertz CT molecular complexity index is 239. The van der Waals surface area contributed by atoms with Gasteiger partial charge in [0, 0.05) is 6.54 Å². The molecule has 0 bridgehead atoms. The summed E-state index contributed by atoms with van der Waals surface area (Å²) < 4.78 is 0. The van der Waals surface area contributed by atoms with Gasteiger partial charge in [0.1, 0.15) is 0 Å². The lowest BCUT2D eigenvalue weighted by Gasteiger charge is -2.37. The standard InChI is InChI=1S/C10H18N2O/c1-7(2)10(3)11-9(13)8-5-4-6-12(8)10/h7-8H,4-6H2,1-3H3,(H,11,13). The average Bonchev–Trinajstić information content (AvgIpc) is 2.57. The Labute approximate surface area is 79.5 Å². The number of hydrogen-bond acceptors (Lipinski definition) is 2. The van der Waals surface area contributed by atoms with Crippen molar-refractivity contribution in [3.8, 4) is 0 Å². The molecule has 0 aromatic carbocycles. The van der Waals surface area contributed by atoms with E-state index in [0.29, 0.717) is 5.92 Å². The predicted octanol–water partition coefficient (Wildman–Crippen LogP) is 0.953. The van der Waals surface area contributed by atoms with Gasteiger partial charge in [0.05, 0.1) is 11.7 Å². The fourth-order valence-electron chi connectivity index (χ4n) is 2.48. The molecule has 3 heteroatoms. The zero-order chi connectivity index (χ0) is 9.64. The van der Waals surface area contributed by atoms with Gasteiger partial charge in [-0.25, -0.2) is 0 Å². The second-order valence-electron chi connectivity index (χ2n) is 4.64. The minimum Gasteiger partial charge on any atom is -0.336 e. The Hall–Kier alpha value is -0.570. The first-order valence-electron chi connectivity index (χ1n) is 5.14. The highest BCUT2D eigenvalue weighted by atomic mass is 16.2. The van der Waals surface area contributed by atoms with Crippen molar-refractivity contribution < 1.29 is 4.79 Å². The molecule has 2 fully saturated rings.